The molecule has 0 aliphatic heterocycles. The second-order valence-electron chi connectivity index (χ2n) is 4.19. The number of aliphatic hydroxyl groups is 2. The van der Waals surface area contributed by atoms with Crippen molar-refractivity contribution in [2.75, 3.05) is 0 Å². The summed E-state index contributed by atoms with van der Waals surface area (Å²) in [4.78, 5) is 45.3. The van der Waals surface area contributed by atoms with Crippen molar-refractivity contribution in [2.45, 2.75) is 51.2 Å². The number of ketones is 1. The van der Waals surface area contributed by atoms with Gasteiger partial charge < -0.3 is 20.1 Å². The number of carbonyl (C=O) groups excluding carboxylic acids is 3. The van der Waals surface area contributed by atoms with Crippen molar-refractivity contribution in [1.82, 2.24) is 0 Å². The molecule has 0 heterocycles. The summed E-state index contributed by atoms with van der Waals surface area (Å²) in [5.41, 5.74) is -3.29. The molecule has 0 saturated heterocycles. The van der Waals surface area contributed by atoms with Gasteiger partial charge in [-0.05, 0) is 12.8 Å². The van der Waals surface area contributed by atoms with Crippen molar-refractivity contribution in [3.05, 3.63) is 0 Å². The molecule has 0 aliphatic rings. The molecule has 8 heteroatoms. The molecule has 2 atom stereocenters. The van der Waals surface area contributed by atoms with Crippen molar-refractivity contribution in [2.24, 2.45) is 0 Å². The zero-order chi connectivity index (χ0) is 15.9. The van der Waals surface area contributed by atoms with E-state index in [9.17, 15) is 29.4 Å². The third-order valence-electron chi connectivity index (χ3n) is 2.50. The van der Waals surface area contributed by atoms with Crippen LogP contribution in [0, 0.1) is 0 Å². The van der Waals surface area contributed by atoms with Crippen molar-refractivity contribution >= 4 is 23.7 Å². The summed E-state index contributed by atoms with van der Waals surface area (Å²) >= 11 is 0. The van der Waals surface area contributed by atoms with Gasteiger partial charge in [-0.2, -0.15) is 0 Å². The van der Waals surface area contributed by atoms with Crippen LogP contribution in [0.15, 0.2) is 0 Å². The maximum atomic E-state index is 11.7. The zero-order valence-corrected chi connectivity index (χ0v) is 11.3. The van der Waals surface area contributed by atoms with Crippen LogP contribution < -0.4 is 0 Å². The molecule has 0 amide bonds. The lowest BCUT2D eigenvalue weighted by molar-refractivity contribution is -0.192. The molecule has 0 spiro atoms. The highest BCUT2D eigenvalue weighted by molar-refractivity contribution is 6.12. The molecule has 0 radical (unpaired) electrons. The summed E-state index contributed by atoms with van der Waals surface area (Å²) in [5, 5.41) is 28.0. The molecule has 114 valence electrons. The highest BCUT2D eigenvalue weighted by Crippen LogP contribution is 2.19. The van der Waals surface area contributed by atoms with E-state index in [1.165, 1.54) is 0 Å². The maximum absolute atomic E-state index is 11.7. The molecule has 0 aromatic heterocycles. The first-order valence-corrected chi connectivity index (χ1v) is 6.13. The number of hydrogen-bond acceptors (Lipinski definition) is 7. The quantitative estimate of drug-likeness (QED) is 0.398. The molecule has 3 N–H and O–H groups in total. The predicted octanol–water partition coefficient (Wildman–Crippen LogP) is -0.598. The molecule has 0 rings (SSSR count). The van der Waals surface area contributed by atoms with Crippen LogP contribution in [0.4, 0.5) is 0 Å². The minimum Gasteiger partial charge on any atom is -0.479 e. The maximum Gasteiger partial charge on any atom is 0.357 e. The minimum atomic E-state index is -3.29. The SMILES string of the molecule is CCCC(=O)OC(=O)C(O)(C(=O)CCC)C(O)C(=O)O. The van der Waals surface area contributed by atoms with Crippen molar-refractivity contribution in [3.63, 3.8) is 0 Å². The molecule has 0 fully saturated rings. The number of ether oxygens (including phenoxy) is 1. The Morgan fingerprint density at radius 2 is 1.60 bits per heavy atom. The summed E-state index contributed by atoms with van der Waals surface area (Å²) in [6, 6.07) is 0. The Morgan fingerprint density at radius 1 is 1.10 bits per heavy atom. The first-order chi connectivity index (χ1) is 9.21. The van der Waals surface area contributed by atoms with E-state index in [0.29, 0.717) is 6.42 Å². The molecule has 0 aromatic carbocycles. The summed E-state index contributed by atoms with van der Waals surface area (Å²) in [7, 11) is 0. The van der Waals surface area contributed by atoms with Gasteiger partial charge in [0.1, 0.15) is 0 Å². The van der Waals surface area contributed by atoms with Gasteiger partial charge in [-0.3, -0.25) is 9.59 Å². The average Bonchev–Trinajstić information content (AvgIpc) is 2.36. The van der Waals surface area contributed by atoms with Crippen LogP contribution in [0.1, 0.15) is 39.5 Å². The van der Waals surface area contributed by atoms with Gasteiger partial charge in [-0.15, -0.1) is 0 Å². The third kappa shape index (κ3) is 4.10. The summed E-state index contributed by atoms with van der Waals surface area (Å²) in [5.74, 6) is -5.98. The summed E-state index contributed by atoms with van der Waals surface area (Å²) < 4.78 is 4.22. The number of aliphatic carboxylic acids is 1. The number of Topliss-reactive ketones (excluding diaryl/α,β-unsaturated/α-hetero) is 1. The molecule has 0 bridgehead atoms. The molecular formula is C12H18O8. The fourth-order valence-corrected chi connectivity index (χ4v) is 1.41. The first kappa shape index (κ1) is 18.2. The van der Waals surface area contributed by atoms with Gasteiger partial charge in [0, 0.05) is 12.8 Å². The molecule has 8 nitrogen and oxygen atoms in total. The highest BCUT2D eigenvalue weighted by Gasteiger charge is 2.55. The van der Waals surface area contributed by atoms with E-state index in [-0.39, 0.29) is 19.3 Å². The van der Waals surface area contributed by atoms with E-state index in [1.807, 2.05) is 0 Å². The number of rotatable bonds is 8. The Balaban J connectivity index is 5.31. The number of carboxylic acid groups (broad SMARTS) is 1. The van der Waals surface area contributed by atoms with Crippen LogP contribution >= 0.6 is 0 Å². The summed E-state index contributed by atoms with van der Waals surface area (Å²) in [6.45, 7) is 3.19. The third-order valence-corrected chi connectivity index (χ3v) is 2.50. The number of carbonyl (C=O) groups is 4. The number of carboxylic acids is 1. The van der Waals surface area contributed by atoms with Crippen LogP contribution in [-0.4, -0.2) is 50.7 Å². The second-order valence-corrected chi connectivity index (χ2v) is 4.19. The molecule has 0 aliphatic carbocycles. The van der Waals surface area contributed by atoms with E-state index in [2.05, 4.69) is 4.74 Å². The van der Waals surface area contributed by atoms with Crippen LogP contribution in [0.5, 0.6) is 0 Å². The van der Waals surface area contributed by atoms with E-state index in [1.54, 1.807) is 13.8 Å². The van der Waals surface area contributed by atoms with Crippen molar-refractivity contribution < 1.29 is 39.2 Å². The van der Waals surface area contributed by atoms with E-state index < -0.39 is 35.4 Å². The molecular weight excluding hydrogens is 272 g/mol. The van der Waals surface area contributed by atoms with Gasteiger partial charge in [-0.25, -0.2) is 9.59 Å². The van der Waals surface area contributed by atoms with Crippen LogP contribution in [-0.2, 0) is 23.9 Å². The molecule has 2 unspecified atom stereocenters. The van der Waals surface area contributed by atoms with Gasteiger partial charge in [0.05, 0.1) is 0 Å². The Labute approximate surface area is 115 Å². The Morgan fingerprint density at radius 3 is 2.00 bits per heavy atom. The van der Waals surface area contributed by atoms with Gasteiger partial charge >= 0.3 is 17.9 Å². The lowest BCUT2D eigenvalue weighted by Crippen LogP contribution is -2.59. The van der Waals surface area contributed by atoms with Crippen LogP contribution in [0.25, 0.3) is 0 Å². The molecule has 20 heavy (non-hydrogen) atoms. The van der Waals surface area contributed by atoms with E-state index >= 15 is 0 Å². The van der Waals surface area contributed by atoms with Gasteiger partial charge in [0.2, 0.25) is 0 Å². The Hall–Kier alpha value is -1.80. The fraction of sp³-hybridized carbons (Fsp3) is 0.667. The van der Waals surface area contributed by atoms with E-state index in [0.717, 1.165) is 0 Å². The smallest absolute Gasteiger partial charge is 0.357 e. The standard InChI is InChI=1S/C12H18O8/c1-3-5-7(13)12(19,9(15)10(16)17)11(18)20-8(14)6-4-2/h9,15,19H,3-6H2,1-2H3,(H,16,17). The van der Waals surface area contributed by atoms with Gasteiger partial charge in [0.15, 0.2) is 11.9 Å². The number of esters is 2. The highest BCUT2D eigenvalue weighted by atomic mass is 16.6. The largest absolute Gasteiger partial charge is 0.479 e. The van der Waals surface area contributed by atoms with E-state index in [4.69, 9.17) is 5.11 Å². The fourth-order valence-electron chi connectivity index (χ4n) is 1.41. The van der Waals surface area contributed by atoms with Crippen LogP contribution in [0.3, 0.4) is 0 Å². The van der Waals surface area contributed by atoms with Gasteiger partial charge in [0.25, 0.3) is 5.60 Å². The lowest BCUT2D eigenvalue weighted by atomic mass is 9.89. The number of aliphatic hydroxyl groups excluding tert-OH is 1. The zero-order valence-electron chi connectivity index (χ0n) is 11.3. The van der Waals surface area contributed by atoms with Crippen molar-refractivity contribution in [3.8, 4) is 0 Å². The monoisotopic (exact) mass is 290 g/mol. The normalized spacial score (nSPS) is 15.0. The topological polar surface area (TPSA) is 138 Å². The van der Waals surface area contributed by atoms with Crippen molar-refractivity contribution in [1.29, 1.82) is 0 Å². The Kier molecular flexibility index (Phi) is 7.01. The minimum absolute atomic E-state index is 0.146. The lowest BCUT2D eigenvalue weighted by Gasteiger charge is -2.26. The summed E-state index contributed by atoms with van der Waals surface area (Å²) in [6.07, 6.45) is -2.63. The van der Waals surface area contributed by atoms with Crippen LogP contribution in [0.2, 0.25) is 0 Å². The first-order valence-electron chi connectivity index (χ1n) is 6.13. The second kappa shape index (κ2) is 7.71. The average molecular weight is 290 g/mol. The number of hydrogen-bond donors (Lipinski definition) is 3. The predicted molar refractivity (Wildman–Crippen MR) is 64.5 cm³/mol. The van der Waals surface area contributed by atoms with Gasteiger partial charge in [-0.1, -0.05) is 13.8 Å². The Bertz CT molecular complexity index is 402. The molecule has 0 aromatic rings. The molecule has 0 saturated carbocycles.